The van der Waals surface area contributed by atoms with Crippen LogP contribution in [0.15, 0.2) is 36.9 Å². The van der Waals surface area contributed by atoms with Crippen molar-refractivity contribution >= 4 is 46.4 Å². The molecule has 0 saturated heterocycles. The van der Waals surface area contributed by atoms with Gasteiger partial charge in [-0.15, -0.1) is 6.58 Å². The lowest BCUT2D eigenvalue weighted by atomic mass is 9.78. The van der Waals surface area contributed by atoms with E-state index in [1.807, 2.05) is 39.0 Å². The Labute approximate surface area is 180 Å². The third-order valence-electron chi connectivity index (χ3n) is 4.55. The predicted octanol–water partition coefficient (Wildman–Crippen LogP) is 8.07. The summed E-state index contributed by atoms with van der Waals surface area (Å²) in [6.45, 7) is 9.69. The summed E-state index contributed by atoms with van der Waals surface area (Å²) in [4.78, 5) is 0. The molecule has 1 unspecified atom stereocenters. The lowest BCUT2D eigenvalue weighted by Crippen LogP contribution is -2.19. The zero-order valence-corrected chi connectivity index (χ0v) is 18.5. The van der Waals surface area contributed by atoms with Gasteiger partial charge in [0.05, 0.1) is 26.2 Å². The minimum absolute atomic E-state index is 0.0356. The quantitative estimate of drug-likeness (QED) is 0.434. The fourth-order valence-corrected chi connectivity index (χ4v) is 3.80. The van der Waals surface area contributed by atoms with E-state index >= 15 is 0 Å². The molecule has 0 aliphatic rings. The van der Waals surface area contributed by atoms with Gasteiger partial charge < -0.3 is 9.84 Å². The highest BCUT2D eigenvalue weighted by Gasteiger charge is 2.27. The number of rotatable bonds is 7. The van der Waals surface area contributed by atoms with Crippen molar-refractivity contribution < 1.29 is 9.84 Å². The molecule has 0 spiro atoms. The van der Waals surface area contributed by atoms with E-state index in [1.54, 1.807) is 12.1 Å². The van der Waals surface area contributed by atoms with E-state index in [0.29, 0.717) is 15.8 Å². The molecule has 1 atom stereocenters. The predicted molar refractivity (Wildman–Crippen MR) is 116 cm³/mol. The first-order valence-electron chi connectivity index (χ1n) is 8.53. The monoisotopic (exact) mass is 446 g/mol. The summed E-state index contributed by atoms with van der Waals surface area (Å²) in [5.41, 5.74) is 1.21. The zero-order chi connectivity index (χ0) is 20.4. The Balaban J connectivity index is 2.40. The number of hydrogen-bond donors (Lipinski definition) is 1. The third kappa shape index (κ3) is 5.06. The van der Waals surface area contributed by atoms with Crippen molar-refractivity contribution in [1.82, 2.24) is 0 Å². The Hall–Kier alpha value is -1.06. The Bertz CT molecular complexity index is 800. The van der Waals surface area contributed by atoms with E-state index in [9.17, 15) is 5.11 Å². The van der Waals surface area contributed by atoms with Gasteiger partial charge in [0.15, 0.2) is 11.5 Å². The molecule has 0 radical (unpaired) electrons. The van der Waals surface area contributed by atoms with Crippen molar-refractivity contribution in [2.24, 2.45) is 0 Å². The smallest absolute Gasteiger partial charge is 0.156 e. The Kier molecular flexibility index (Phi) is 7.38. The van der Waals surface area contributed by atoms with Crippen molar-refractivity contribution in [1.29, 1.82) is 0 Å². The molecule has 0 heterocycles. The maximum absolute atomic E-state index is 9.81. The lowest BCUT2D eigenvalue weighted by molar-refractivity contribution is 0.212. The average molecular weight is 448 g/mol. The normalized spacial score (nSPS) is 12.7. The van der Waals surface area contributed by atoms with Gasteiger partial charge in [0, 0.05) is 5.41 Å². The van der Waals surface area contributed by atoms with Crippen LogP contribution in [-0.4, -0.2) is 11.2 Å². The van der Waals surface area contributed by atoms with Crippen LogP contribution in [0.5, 0.6) is 11.5 Å². The third-order valence-corrected chi connectivity index (χ3v) is 5.69. The SMILES string of the molecule is C=CCCC(C)Oc1c(Cl)cc(C(C)(C)c2cc(Cl)c(O)c(Cl)c2)cc1Cl. The first kappa shape index (κ1) is 22.2. The van der Waals surface area contributed by atoms with Crippen molar-refractivity contribution in [3.63, 3.8) is 0 Å². The van der Waals surface area contributed by atoms with E-state index < -0.39 is 5.41 Å². The van der Waals surface area contributed by atoms with E-state index in [0.717, 1.165) is 24.0 Å². The van der Waals surface area contributed by atoms with Crippen LogP contribution < -0.4 is 4.74 Å². The van der Waals surface area contributed by atoms with Gasteiger partial charge in [-0.05, 0) is 55.2 Å². The first-order chi connectivity index (χ1) is 12.6. The number of halogens is 4. The van der Waals surface area contributed by atoms with Crippen molar-refractivity contribution in [3.8, 4) is 11.5 Å². The zero-order valence-electron chi connectivity index (χ0n) is 15.5. The molecular weight excluding hydrogens is 426 g/mol. The van der Waals surface area contributed by atoms with Gasteiger partial charge in [-0.2, -0.15) is 0 Å². The molecule has 2 rings (SSSR count). The first-order valence-corrected chi connectivity index (χ1v) is 10.0. The fraction of sp³-hybridized carbons (Fsp3) is 0.333. The molecular formula is C21H22Cl4O2. The van der Waals surface area contributed by atoms with E-state index in [2.05, 4.69) is 6.58 Å². The average Bonchev–Trinajstić information content (AvgIpc) is 2.60. The van der Waals surface area contributed by atoms with Crippen molar-refractivity contribution in [2.45, 2.75) is 45.1 Å². The number of ether oxygens (including phenoxy) is 1. The maximum atomic E-state index is 9.81. The molecule has 2 aromatic rings. The van der Waals surface area contributed by atoms with Gasteiger partial charge in [0.25, 0.3) is 0 Å². The summed E-state index contributed by atoms with van der Waals surface area (Å²) in [5.74, 6) is 0.336. The van der Waals surface area contributed by atoms with Crippen LogP contribution in [0.1, 0.15) is 44.7 Å². The summed E-state index contributed by atoms with van der Waals surface area (Å²) < 4.78 is 5.92. The van der Waals surface area contributed by atoms with Crippen LogP contribution in [0.25, 0.3) is 0 Å². The Morgan fingerprint density at radius 1 is 1.00 bits per heavy atom. The molecule has 2 aromatic carbocycles. The van der Waals surface area contributed by atoms with Crippen molar-refractivity contribution in [3.05, 3.63) is 68.1 Å². The van der Waals surface area contributed by atoms with Gasteiger partial charge in [-0.1, -0.05) is 66.3 Å². The van der Waals surface area contributed by atoms with E-state index in [4.69, 9.17) is 51.1 Å². The van der Waals surface area contributed by atoms with Gasteiger partial charge in [0.2, 0.25) is 0 Å². The van der Waals surface area contributed by atoms with Crippen LogP contribution >= 0.6 is 46.4 Å². The van der Waals surface area contributed by atoms with Crippen LogP contribution in [-0.2, 0) is 5.41 Å². The molecule has 0 saturated carbocycles. The van der Waals surface area contributed by atoms with Crippen molar-refractivity contribution in [2.75, 3.05) is 0 Å². The van der Waals surface area contributed by atoms with Gasteiger partial charge >= 0.3 is 0 Å². The highest BCUT2D eigenvalue weighted by molar-refractivity contribution is 6.38. The minimum atomic E-state index is -0.499. The topological polar surface area (TPSA) is 29.5 Å². The summed E-state index contributed by atoms with van der Waals surface area (Å²) in [7, 11) is 0. The second-order valence-electron chi connectivity index (χ2n) is 6.98. The molecule has 0 fully saturated rings. The highest BCUT2D eigenvalue weighted by Crippen LogP contribution is 2.43. The molecule has 0 aliphatic heterocycles. The fourth-order valence-electron chi connectivity index (χ4n) is 2.74. The number of hydrogen-bond acceptors (Lipinski definition) is 2. The Morgan fingerprint density at radius 2 is 1.44 bits per heavy atom. The molecule has 1 N–H and O–H groups in total. The number of phenols is 1. The number of phenolic OH excluding ortho intramolecular Hbond substituents is 1. The maximum Gasteiger partial charge on any atom is 0.156 e. The largest absolute Gasteiger partial charge is 0.505 e. The highest BCUT2D eigenvalue weighted by atomic mass is 35.5. The van der Waals surface area contributed by atoms with Gasteiger partial charge in [-0.25, -0.2) is 0 Å². The Morgan fingerprint density at radius 3 is 1.89 bits per heavy atom. The molecule has 0 amide bonds. The van der Waals surface area contributed by atoms with E-state index in [-0.39, 0.29) is 21.9 Å². The molecule has 146 valence electrons. The number of aromatic hydroxyl groups is 1. The molecule has 0 aliphatic carbocycles. The number of benzene rings is 2. The van der Waals surface area contributed by atoms with Gasteiger partial charge in [0.1, 0.15) is 0 Å². The molecule has 0 aromatic heterocycles. The van der Waals surface area contributed by atoms with Crippen LogP contribution in [0, 0.1) is 0 Å². The van der Waals surface area contributed by atoms with Crippen LogP contribution in [0.3, 0.4) is 0 Å². The second kappa shape index (κ2) is 8.96. The summed E-state index contributed by atoms with van der Waals surface area (Å²) in [6.07, 6.45) is 3.49. The summed E-state index contributed by atoms with van der Waals surface area (Å²) in [6, 6.07) is 7.04. The second-order valence-corrected chi connectivity index (χ2v) is 8.61. The molecule has 2 nitrogen and oxygen atoms in total. The summed E-state index contributed by atoms with van der Waals surface area (Å²) >= 11 is 25.1. The standard InChI is InChI=1S/C21H22Cl4O2/c1-5-6-7-12(2)27-20-17(24)10-14(11-18(20)25)21(3,4)13-8-15(22)19(26)16(23)9-13/h5,8-12,26H,1,6-7H2,2-4H3. The molecule has 27 heavy (non-hydrogen) atoms. The van der Waals surface area contributed by atoms with Gasteiger partial charge in [-0.3, -0.25) is 0 Å². The minimum Gasteiger partial charge on any atom is -0.505 e. The molecule has 6 heteroatoms. The van der Waals surface area contributed by atoms with E-state index in [1.165, 1.54) is 0 Å². The van der Waals surface area contributed by atoms with Crippen LogP contribution in [0.2, 0.25) is 20.1 Å². The summed E-state index contributed by atoms with van der Waals surface area (Å²) in [5, 5.41) is 11.1. The molecule has 0 bridgehead atoms. The number of allylic oxidation sites excluding steroid dienone is 1. The van der Waals surface area contributed by atoms with Crippen LogP contribution in [0.4, 0.5) is 0 Å². The lowest BCUT2D eigenvalue weighted by Gasteiger charge is -2.28.